The molecule has 0 radical (unpaired) electrons. The standard InChI is InChI=1S/C18H24N4O4S2/c1-10(14(23)20-17(25)19-2)27-18-21-15-13(16(24)22(18)8-9-26-3)11-6-4-5-7-12(11)28-15/h10H,4-9H2,1-3H3,(H2,19,20,23,25). The average molecular weight is 425 g/mol. The molecule has 0 fully saturated rings. The Balaban J connectivity index is 1.99. The van der Waals surface area contributed by atoms with E-state index in [2.05, 4.69) is 10.6 Å². The minimum Gasteiger partial charge on any atom is -0.383 e. The van der Waals surface area contributed by atoms with Gasteiger partial charge in [-0.25, -0.2) is 9.78 Å². The van der Waals surface area contributed by atoms with E-state index in [1.54, 1.807) is 29.9 Å². The number of nitrogens with one attached hydrogen (secondary N) is 2. The molecule has 0 aliphatic heterocycles. The third-order valence-electron chi connectivity index (χ3n) is 4.67. The Bertz CT molecular complexity index is 953. The van der Waals surface area contributed by atoms with Crippen LogP contribution in [0.1, 0.15) is 30.2 Å². The van der Waals surface area contributed by atoms with Crippen LogP contribution in [0.3, 0.4) is 0 Å². The lowest BCUT2D eigenvalue weighted by molar-refractivity contribution is -0.119. The molecule has 2 heterocycles. The lowest BCUT2D eigenvalue weighted by Crippen LogP contribution is -2.41. The Labute approximate surface area is 171 Å². The van der Waals surface area contributed by atoms with E-state index in [1.165, 1.54) is 23.7 Å². The molecule has 1 atom stereocenters. The van der Waals surface area contributed by atoms with Crippen molar-refractivity contribution in [1.82, 2.24) is 20.2 Å². The number of thiophene rings is 1. The van der Waals surface area contributed by atoms with Gasteiger partial charge in [-0.3, -0.25) is 19.5 Å². The second-order valence-electron chi connectivity index (χ2n) is 6.56. The summed E-state index contributed by atoms with van der Waals surface area (Å²) in [5.41, 5.74) is 1.06. The van der Waals surface area contributed by atoms with Crippen molar-refractivity contribution in [3.8, 4) is 0 Å². The Morgan fingerprint density at radius 2 is 2.11 bits per heavy atom. The van der Waals surface area contributed by atoms with Crippen LogP contribution in [0.4, 0.5) is 4.79 Å². The van der Waals surface area contributed by atoms with Gasteiger partial charge in [-0.05, 0) is 38.2 Å². The van der Waals surface area contributed by atoms with E-state index in [1.807, 2.05) is 0 Å². The molecular weight excluding hydrogens is 400 g/mol. The third-order valence-corrected chi connectivity index (χ3v) is 6.95. The van der Waals surface area contributed by atoms with Crippen LogP contribution >= 0.6 is 23.1 Å². The molecule has 0 spiro atoms. The predicted octanol–water partition coefficient (Wildman–Crippen LogP) is 1.92. The Hall–Kier alpha value is -1.91. The molecule has 0 bridgehead atoms. The average Bonchev–Trinajstić information content (AvgIpc) is 3.05. The number of carbonyl (C=O) groups excluding carboxylic acids is 2. The highest BCUT2D eigenvalue weighted by molar-refractivity contribution is 8.00. The zero-order chi connectivity index (χ0) is 20.3. The summed E-state index contributed by atoms with van der Waals surface area (Å²) in [5.74, 6) is -0.442. The van der Waals surface area contributed by atoms with Crippen LogP contribution < -0.4 is 16.2 Å². The smallest absolute Gasteiger partial charge is 0.321 e. The number of imide groups is 1. The number of hydrogen-bond donors (Lipinski definition) is 2. The highest BCUT2D eigenvalue weighted by Gasteiger charge is 2.24. The van der Waals surface area contributed by atoms with Crippen LogP contribution in [0, 0.1) is 0 Å². The van der Waals surface area contributed by atoms with Crippen molar-refractivity contribution < 1.29 is 14.3 Å². The van der Waals surface area contributed by atoms with E-state index < -0.39 is 17.2 Å². The van der Waals surface area contributed by atoms with Crippen molar-refractivity contribution in [2.24, 2.45) is 0 Å². The summed E-state index contributed by atoms with van der Waals surface area (Å²) in [6.07, 6.45) is 4.12. The molecular formula is C18H24N4O4S2. The number of urea groups is 1. The van der Waals surface area contributed by atoms with Gasteiger partial charge in [-0.15, -0.1) is 11.3 Å². The van der Waals surface area contributed by atoms with Crippen molar-refractivity contribution >= 4 is 45.3 Å². The first-order valence-electron chi connectivity index (χ1n) is 9.19. The van der Waals surface area contributed by atoms with Crippen molar-refractivity contribution in [3.05, 3.63) is 20.8 Å². The summed E-state index contributed by atoms with van der Waals surface area (Å²) < 4.78 is 6.74. The summed E-state index contributed by atoms with van der Waals surface area (Å²) >= 11 is 2.74. The number of ether oxygens (including phenoxy) is 1. The number of methoxy groups -OCH3 is 1. The first-order chi connectivity index (χ1) is 13.5. The first-order valence-corrected chi connectivity index (χ1v) is 10.9. The van der Waals surface area contributed by atoms with E-state index in [0.717, 1.165) is 36.1 Å². The van der Waals surface area contributed by atoms with Gasteiger partial charge in [0.05, 0.1) is 23.8 Å². The number of carbonyl (C=O) groups is 2. The molecule has 0 aromatic carbocycles. The maximum atomic E-state index is 13.3. The Morgan fingerprint density at radius 3 is 2.82 bits per heavy atom. The Morgan fingerprint density at radius 1 is 1.36 bits per heavy atom. The van der Waals surface area contributed by atoms with Gasteiger partial charge in [0.15, 0.2) is 5.16 Å². The van der Waals surface area contributed by atoms with Crippen molar-refractivity contribution in [1.29, 1.82) is 0 Å². The molecule has 2 aromatic heterocycles. The molecule has 2 aromatic rings. The van der Waals surface area contributed by atoms with Crippen LogP contribution in [0.25, 0.3) is 10.2 Å². The summed E-state index contributed by atoms with van der Waals surface area (Å²) in [6, 6.07) is -0.566. The molecule has 3 rings (SSSR count). The summed E-state index contributed by atoms with van der Waals surface area (Å²) in [7, 11) is 3.02. The van der Waals surface area contributed by atoms with Gasteiger partial charge in [0.2, 0.25) is 5.91 Å². The van der Waals surface area contributed by atoms with Gasteiger partial charge in [0, 0.05) is 19.0 Å². The number of amides is 3. The van der Waals surface area contributed by atoms with Crippen LogP contribution in [0.15, 0.2) is 9.95 Å². The molecule has 28 heavy (non-hydrogen) atoms. The van der Waals surface area contributed by atoms with Crippen LogP contribution in [-0.4, -0.2) is 47.5 Å². The van der Waals surface area contributed by atoms with Gasteiger partial charge in [0.25, 0.3) is 5.56 Å². The molecule has 1 unspecified atom stereocenters. The molecule has 152 valence electrons. The molecule has 1 aliphatic carbocycles. The summed E-state index contributed by atoms with van der Waals surface area (Å²) in [4.78, 5) is 43.6. The van der Waals surface area contributed by atoms with Crippen LogP contribution in [0.2, 0.25) is 0 Å². The van der Waals surface area contributed by atoms with Crippen molar-refractivity contribution in [2.45, 2.75) is 49.6 Å². The van der Waals surface area contributed by atoms with Gasteiger partial charge in [-0.2, -0.15) is 0 Å². The van der Waals surface area contributed by atoms with Crippen molar-refractivity contribution in [3.63, 3.8) is 0 Å². The zero-order valence-corrected chi connectivity index (χ0v) is 17.8. The van der Waals surface area contributed by atoms with Gasteiger partial charge >= 0.3 is 6.03 Å². The van der Waals surface area contributed by atoms with E-state index in [0.29, 0.717) is 23.7 Å². The molecule has 8 nitrogen and oxygen atoms in total. The van der Waals surface area contributed by atoms with Gasteiger partial charge in [-0.1, -0.05) is 11.8 Å². The van der Waals surface area contributed by atoms with E-state index in [4.69, 9.17) is 9.72 Å². The fraction of sp³-hybridized carbons (Fsp3) is 0.556. The number of hydrogen-bond acceptors (Lipinski definition) is 7. The van der Waals surface area contributed by atoms with Crippen molar-refractivity contribution in [2.75, 3.05) is 20.8 Å². The van der Waals surface area contributed by atoms with E-state index in [-0.39, 0.29) is 5.56 Å². The zero-order valence-electron chi connectivity index (χ0n) is 16.2. The molecule has 3 amide bonds. The number of nitrogens with zero attached hydrogens (tertiary/aromatic N) is 2. The number of aromatic nitrogens is 2. The predicted molar refractivity (Wildman–Crippen MR) is 110 cm³/mol. The molecule has 1 aliphatic rings. The highest BCUT2D eigenvalue weighted by atomic mass is 32.2. The largest absolute Gasteiger partial charge is 0.383 e. The first kappa shape index (κ1) is 20.8. The fourth-order valence-electron chi connectivity index (χ4n) is 3.18. The SMILES string of the molecule is CNC(=O)NC(=O)C(C)Sc1nc2sc3c(c2c(=O)n1CCOC)CCCC3. The minimum absolute atomic E-state index is 0.0807. The fourth-order valence-corrected chi connectivity index (χ4v) is 5.41. The maximum Gasteiger partial charge on any atom is 0.321 e. The molecule has 2 N–H and O–H groups in total. The number of rotatable bonds is 6. The summed E-state index contributed by atoms with van der Waals surface area (Å²) in [6.45, 7) is 2.40. The minimum atomic E-state index is -0.593. The van der Waals surface area contributed by atoms with Gasteiger partial charge in [0.1, 0.15) is 4.83 Å². The Kier molecular flexibility index (Phi) is 6.73. The third kappa shape index (κ3) is 4.23. The van der Waals surface area contributed by atoms with Crippen LogP contribution in [0.5, 0.6) is 0 Å². The van der Waals surface area contributed by atoms with Gasteiger partial charge < -0.3 is 10.1 Å². The maximum absolute atomic E-state index is 13.3. The highest BCUT2D eigenvalue weighted by Crippen LogP contribution is 2.35. The molecule has 0 saturated heterocycles. The number of fused-ring (bicyclic) bond motifs is 3. The molecule has 10 heteroatoms. The second-order valence-corrected chi connectivity index (χ2v) is 8.96. The monoisotopic (exact) mass is 424 g/mol. The topological polar surface area (TPSA) is 102 Å². The lowest BCUT2D eigenvalue weighted by Gasteiger charge is -2.15. The summed E-state index contributed by atoms with van der Waals surface area (Å²) in [5, 5.41) is 5.19. The number of aryl methyl sites for hydroxylation is 2. The lowest BCUT2D eigenvalue weighted by atomic mass is 9.97. The van der Waals surface area contributed by atoms with E-state index in [9.17, 15) is 14.4 Å². The normalized spacial score (nSPS) is 14.5. The number of thioether (sulfide) groups is 1. The van der Waals surface area contributed by atoms with E-state index >= 15 is 0 Å². The van der Waals surface area contributed by atoms with Crippen LogP contribution in [-0.2, 0) is 28.9 Å². The second kappa shape index (κ2) is 9.06. The quantitative estimate of drug-likeness (QED) is 0.543. The molecule has 0 saturated carbocycles.